The van der Waals surface area contributed by atoms with E-state index in [-0.39, 0.29) is 28.8 Å². The Kier molecular flexibility index (Phi) is 8.58. The lowest BCUT2D eigenvalue weighted by Crippen LogP contribution is -2.67. The molecule has 0 unspecified atom stereocenters. The van der Waals surface area contributed by atoms with E-state index in [2.05, 4.69) is 126 Å². The summed E-state index contributed by atoms with van der Waals surface area (Å²) in [7, 11) is -4.43. The highest BCUT2D eigenvalue weighted by molar-refractivity contribution is 6.99. The van der Waals surface area contributed by atoms with Crippen LogP contribution < -0.4 is 10.4 Å². The van der Waals surface area contributed by atoms with E-state index in [1.54, 1.807) is 0 Å². The monoisotopic (exact) mass is 574 g/mol. The molecular formula is C34H46O4Si2. The minimum Gasteiger partial charge on any atom is -0.414 e. The van der Waals surface area contributed by atoms with Crippen molar-refractivity contribution in [2.24, 2.45) is 5.41 Å². The number of fused-ring (bicyclic) bond motifs is 1. The van der Waals surface area contributed by atoms with E-state index in [1.165, 1.54) is 15.9 Å². The van der Waals surface area contributed by atoms with E-state index in [1.807, 2.05) is 6.07 Å². The van der Waals surface area contributed by atoms with Crippen LogP contribution in [0.2, 0.25) is 24.2 Å². The zero-order valence-electron chi connectivity index (χ0n) is 25.1. The highest BCUT2D eigenvalue weighted by atomic mass is 28.4. The summed E-state index contributed by atoms with van der Waals surface area (Å²) < 4.78 is 27.3. The fourth-order valence-corrected chi connectivity index (χ4v) is 15.2. The molecule has 4 atom stereocenters. The van der Waals surface area contributed by atoms with Crippen LogP contribution in [0.15, 0.2) is 91.0 Å². The minimum absolute atomic E-state index is 0.0306. The van der Waals surface area contributed by atoms with E-state index in [9.17, 15) is 0 Å². The van der Waals surface area contributed by atoms with Crippen LogP contribution in [0.5, 0.6) is 0 Å². The Morgan fingerprint density at radius 2 is 1.40 bits per heavy atom. The average Bonchev–Trinajstić information content (AvgIpc) is 3.18. The molecule has 214 valence electrons. The summed E-state index contributed by atoms with van der Waals surface area (Å²) >= 11 is 0. The Bertz CT molecular complexity index is 1190. The van der Waals surface area contributed by atoms with Crippen molar-refractivity contribution in [2.75, 3.05) is 13.2 Å². The second kappa shape index (κ2) is 11.7. The third-order valence-corrected chi connectivity index (χ3v) is 16.4. The van der Waals surface area contributed by atoms with Crippen LogP contribution in [0.3, 0.4) is 0 Å². The summed E-state index contributed by atoms with van der Waals surface area (Å²) in [6.07, 6.45) is 0.950. The molecule has 0 saturated carbocycles. The summed E-state index contributed by atoms with van der Waals surface area (Å²) in [5.74, 6) is 0. The molecular weight excluding hydrogens is 529 g/mol. The number of hydrogen-bond donors (Lipinski definition) is 0. The van der Waals surface area contributed by atoms with Gasteiger partial charge in [0.1, 0.15) is 0 Å². The maximum atomic E-state index is 7.29. The van der Waals surface area contributed by atoms with Gasteiger partial charge in [-0.25, -0.2) is 0 Å². The molecule has 2 aliphatic heterocycles. The van der Waals surface area contributed by atoms with Crippen molar-refractivity contribution < 1.29 is 18.3 Å². The second-order valence-electron chi connectivity index (χ2n) is 13.5. The standard InChI is InChI=1S/C34H46O4Si2/c1-33(2,3)40(29-18-12-8-13-19-29,30-20-14-9-15-21-30)36-24-28-22-31-34(4,26-39(5,6)38-31)32(37-28)25-35-23-27-16-10-7-11-17-27/h7-21,28,31-32H,22-26H2,1-6H3/t28-,31-,32-,34-/m1/s1. The zero-order chi connectivity index (χ0) is 28.4. The normalized spacial score (nSPS) is 26.4. The van der Waals surface area contributed by atoms with Gasteiger partial charge in [-0.3, -0.25) is 0 Å². The maximum absolute atomic E-state index is 7.29. The molecule has 0 amide bonds. The molecule has 2 fully saturated rings. The Hall–Kier alpha value is -2.07. The summed E-state index contributed by atoms with van der Waals surface area (Å²) in [6.45, 7) is 15.7. The molecule has 3 aromatic rings. The first-order valence-corrected chi connectivity index (χ1v) is 19.8. The third kappa shape index (κ3) is 5.94. The van der Waals surface area contributed by atoms with Crippen molar-refractivity contribution in [1.29, 1.82) is 0 Å². The van der Waals surface area contributed by atoms with Gasteiger partial charge in [0.15, 0.2) is 8.32 Å². The molecule has 0 radical (unpaired) electrons. The molecule has 4 nitrogen and oxygen atoms in total. The van der Waals surface area contributed by atoms with Gasteiger partial charge in [-0.15, -0.1) is 0 Å². The Labute approximate surface area is 243 Å². The van der Waals surface area contributed by atoms with Crippen LogP contribution in [0.25, 0.3) is 0 Å². The quantitative estimate of drug-likeness (QED) is 0.272. The molecule has 3 aromatic carbocycles. The van der Waals surface area contributed by atoms with Crippen molar-refractivity contribution in [2.45, 2.75) is 83.2 Å². The Morgan fingerprint density at radius 1 is 0.850 bits per heavy atom. The fourth-order valence-electron chi connectivity index (χ4n) is 7.09. The van der Waals surface area contributed by atoms with Crippen LogP contribution in [0.4, 0.5) is 0 Å². The van der Waals surface area contributed by atoms with Gasteiger partial charge in [0.05, 0.1) is 38.1 Å². The summed E-state index contributed by atoms with van der Waals surface area (Å²) in [5, 5.41) is 2.51. The number of rotatable bonds is 9. The molecule has 2 aliphatic rings. The molecule has 0 N–H and O–H groups in total. The van der Waals surface area contributed by atoms with Crippen LogP contribution in [-0.2, 0) is 24.9 Å². The molecule has 5 rings (SSSR count). The van der Waals surface area contributed by atoms with Gasteiger partial charge >= 0.3 is 0 Å². The van der Waals surface area contributed by atoms with E-state index in [4.69, 9.17) is 18.3 Å². The van der Waals surface area contributed by atoms with Crippen molar-refractivity contribution in [1.82, 2.24) is 0 Å². The van der Waals surface area contributed by atoms with Gasteiger partial charge in [0.25, 0.3) is 8.32 Å². The zero-order valence-corrected chi connectivity index (χ0v) is 27.1. The lowest BCUT2D eigenvalue weighted by atomic mass is 9.76. The van der Waals surface area contributed by atoms with E-state index in [0.29, 0.717) is 19.8 Å². The topological polar surface area (TPSA) is 36.9 Å². The first-order valence-electron chi connectivity index (χ1n) is 14.7. The minimum atomic E-state index is -2.65. The molecule has 2 saturated heterocycles. The molecule has 0 bridgehead atoms. The summed E-state index contributed by atoms with van der Waals surface area (Å²) in [5.41, 5.74) is 1.14. The molecule has 2 heterocycles. The lowest BCUT2D eigenvalue weighted by Gasteiger charge is -2.48. The van der Waals surface area contributed by atoms with Crippen molar-refractivity contribution in [3.63, 3.8) is 0 Å². The summed E-state index contributed by atoms with van der Waals surface area (Å²) in [6, 6.07) is 33.2. The van der Waals surface area contributed by atoms with E-state index >= 15 is 0 Å². The first-order chi connectivity index (χ1) is 19.0. The third-order valence-electron chi connectivity index (χ3n) is 8.86. The van der Waals surface area contributed by atoms with Gasteiger partial charge < -0.3 is 18.3 Å². The van der Waals surface area contributed by atoms with Crippen molar-refractivity contribution in [3.8, 4) is 0 Å². The van der Waals surface area contributed by atoms with Gasteiger partial charge in [0, 0.05) is 11.8 Å². The highest BCUT2D eigenvalue weighted by Gasteiger charge is 2.58. The average molecular weight is 575 g/mol. The number of hydrogen-bond acceptors (Lipinski definition) is 4. The second-order valence-corrected chi connectivity index (χ2v) is 21.9. The Morgan fingerprint density at radius 3 is 1.95 bits per heavy atom. The van der Waals surface area contributed by atoms with Crippen molar-refractivity contribution in [3.05, 3.63) is 96.6 Å². The predicted molar refractivity (Wildman–Crippen MR) is 168 cm³/mol. The predicted octanol–water partition coefficient (Wildman–Crippen LogP) is 6.55. The van der Waals surface area contributed by atoms with Crippen LogP contribution in [-0.4, -0.2) is 48.2 Å². The van der Waals surface area contributed by atoms with Crippen LogP contribution >= 0.6 is 0 Å². The van der Waals surface area contributed by atoms with E-state index in [0.717, 1.165) is 12.5 Å². The van der Waals surface area contributed by atoms with Gasteiger partial charge in [-0.2, -0.15) is 0 Å². The molecule has 40 heavy (non-hydrogen) atoms. The SMILES string of the molecule is CC(C)(C)[Si](OC[C@H]1C[C@H]2O[Si](C)(C)C[C@@]2(C)[C@@H](COCc2ccccc2)O1)(c1ccccc1)c1ccccc1. The molecule has 0 aliphatic carbocycles. The number of ether oxygens (including phenoxy) is 2. The van der Waals surface area contributed by atoms with Crippen LogP contribution in [0, 0.1) is 5.41 Å². The number of benzene rings is 3. The fraction of sp³-hybridized carbons (Fsp3) is 0.471. The van der Waals surface area contributed by atoms with Crippen molar-refractivity contribution >= 4 is 27.0 Å². The molecule has 0 aromatic heterocycles. The largest absolute Gasteiger partial charge is 0.414 e. The molecule has 0 spiro atoms. The van der Waals surface area contributed by atoms with E-state index < -0.39 is 16.6 Å². The smallest absolute Gasteiger partial charge is 0.261 e. The highest BCUT2D eigenvalue weighted by Crippen LogP contribution is 2.51. The van der Waals surface area contributed by atoms with Gasteiger partial charge in [-0.05, 0) is 40.1 Å². The molecule has 6 heteroatoms. The van der Waals surface area contributed by atoms with Crippen LogP contribution in [0.1, 0.15) is 39.7 Å². The van der Waals surface area contributed by atoms with Gasteiger partial charge in [-0.1, -0.05) is 119 Å². The first kappa shape index (κ1) is 29.4. The summed E-state index contributed by atoms with van der Waals surface area (Å²) in [4.78, 5) is 0. The lowest BCUT2D eigenvalue weighted by molar-refractivity contribution is -0.182. The Balaban J connectivity index is 1.40. The maximum Gasteiger partial charge on any atom is 0.261 e. The van der Waals surface area contributed by atoms with Gasteiger partial charge in [0.2, 0.25) is 0 Å².